The summed E-state index contributed by atoms with van der Waals surface area (Å²) >= 11 is 3.10. The van der Waals surface area contributed by atoms with E-state index < -0.39 is 0 Å². The van der Waals surface area contributed by atoms with Crippen LogP contribution < -0.4 is 9.47 Å². The number of thioether (sulfide) groups is 1. The van der Waals surface area contributed by atoms with Gasteiger partial charge >= 0.3 is 0 Å². The fraction of sp³-hybridized carbons (Fsp3) is 0.350. The summed E-state index contributed by atoms with van der Waals surface area (Å²) in [7, 11) is 0. The number of benzene rings is 1. The van der Waals surface area contributed by atoms with Crippen molar-refractivity contribution in [2.75, 3.05) is 25.5 Å². The van der Waals surface area contributed by atoms with E-state index in [-0.39, 0.29) is 11.9 Å². The van der Waals surface area contributed by atoms with Crippen molar-refractivity contribution < 1.29 is 14.3 Å². The van der Waals surface area contributed by atoms with Crippen LogP contribution in [0, 0.1) is 0 Å². The molecule has 0 bridgehead atoms. The molecule has 2 aliphatic rings. The maximum Gasteiger partial charge on any atom is 0.233 e. The molecule has 1 atom stereocenters. The smallest absolute Gasteiger partial charge is 0.233 e. The fourth-order valence-corrected chi connectivity index (χ4v) is 5.59. The average molecular weight is 414 g/mol. The molecule has 28 heavy (non-hydrogen) atoms. The minimum absolute atomic E-state index is 0.0936. The van der Waals surface area contributed by atoms with Crippen molar-refractivity contribution in [3.63, 3.8) is 0 Å². The van der Waals surface area contributed by atoms with Crippen LogP contribution in [0.15, 0.2) is 41.0 Å². The lowest BCUT2D eigenvalue weighted by atomic mass is 10.0. The Morgan fingerprint density at radius 3 is 3.04 bits per heavy atom. The molecule has 2 aliphatic heterocycles. The lowest BCUT2D eigenvalue weighted by Gasteiger charge is -2.26. The molecule has 144 valence electrons. The van der Waals surface area contributed by atoms with Crippen LogP contribution >= 0.6 is 23.1 Å². The number of carbonyl (C=O) groups excluding carboxylic acids is 1. The SMILES string of the molecule is O=C(CSc1ncnc2ccsc12)N1CCCC1c1ccc2c(c1)OCCO2. The van der Waals surface area contributed by atoms with Gasteiger partial charge in [-0.3, -0.25) is 4.79 Å². The summed E-state index contributed by atoms with van der Waals surface area (Å²) in [6.07, 6.45) is 3.55. The molecule has 1 unspecified atom stereocenters. The van der Waals surface area contributed by atoms with E-state index in [9.17, 15) is 4.79 Å². The van der Waals surface area contributed by atoms with Gasteiger partial charge in [0, 0.05) is 6.54 Å². The van der Waals surface area contributed by atoms with Gasteiger partial charge in [-0.2, -0.15) is 0 Å². The number of ether oxygens (including phenoxy) is 2. The van der Waals surface area contributed by atoms with Gasteiger partial charge in [0.1, 0.15) is 24.6 Å². The second-order valence-electron chi connectivity index (χ2n) is 6.75. The Labute approximate surface area is 170 Å². The van der Waals surface area contributed by atoms with Crippen molar-refractivity contribution in [2.24, 2.45) is 0 Å². The number of hydrogen-bond donors (Lipinski definition) is 0. The Kier molecular flexibility index (Phi) is 4.82. The van der Waals surface area contributed by atoms with Crippen LogP contribution in [-0.2, 0) is 4.79 Å². The molecule has 4 heterocycles. The van der Waals surface area contributed by atoms with Crippen LogP contribution in [-0.4, -0.2) is 46.3 Å². The summed E-state index contributed by atoms with van der Waals surface area (Å²) < 4.78 is 12.4. The maximum absolute atomic E-state index is 13.0. The number of nitrogens with zero attached hydrogens (tertiary/aromatic N) is 3. The van der Waals surface area contributed by atoms with Crippen molar-refractivity contribution >= 4 is 39.2 Å². The number of aromatic nitrogens is 2. The summed E-state index contributed by atoms with van der Waals surface area (Å²) in [6.45, 7) is 1.94. The van der Waals surface area contributed by atoms with E-state index in [1.165, 1.54) is 11.8 Å². The Morgan fingerprint density at radius 1 is 1.21 bits per heavy atom. The third-order valence-corrected chi connectivity index (χ3v) is 7.08. The number of carbonyl (C=O) groups is 1. The van der Waals surface area contributed by atoms with Crippen LogP contribution in [0.25, 0.3) is 10.2 Å². The van der Waals surface area contributed by atoms with Crippen LogP contribution in [0.3, 0.4) is 0 Å². The van der Waals surface area contributed by atoms with Gasteiger partial charge < -0.3 is 14.4 Å². The van der Waals surface area contributed by atoms with Crippen LogP contribution in [0.5, 0.6) is 11.5 Å². The second-order valence-corrected chi connectivity index (χ2v) is 8.63. The molecule has 0 N–H and O–H groups in total. The van der Waals surface area contributed by atoms with Crippen LogP contribution in [0.2, 0.25) is 0 Å². The molecular weight excluding hydrogens is 394 g/mol. The third kappa shape index (κ3) is 3.31. The monoisotopic (exact) mass is 413 g/mol. The van der Waals surface area contributed by atoms with E-state index in [1.807, 2.05) is 28.5 Å². The molecule has 1 aromatic carbocycles. The second kappa shape index (κ2) is 7.60. The number of fused-ring (bicyclic) bond motifs is 2. The van der Waals surface area contributed by atoms with Gasteiger partial charge in [0.2, 0.25) is 5.91 Å². The Bertz CT molecular complexity index is 1020. The Morgan fingerprint density at radius 2 is 2.11 bits per heavy atom. The lowest BCUT2D eigenvalue weighted by Crippen LogP contribution is -2.32. The molecule has 1 saturated heterocycles. The van der Waals surface area contributed by atoms with Gasteiger partial charge in [0.25, 0.3) is 0 Å². The molecule has 6 nitrogen and oxygen atoms in total. The van der Waals surface area contributed by atoms with Gasteiger partial charge in [0.15, 0.2) is 11.5 Å². The number of thiophene rings is 1. The van der Waals surface area contributed by atoms with Gasteiger partial charge in [-0.05, 0) is 42.0 Å². The van der Waals surface area contributed by atoms with Gasteiger partial charge in [-0.1, -0.05) is 17.8 Å². The average Bonchev–Trinajstić information content (AvgIpc) is 3.41. The highest BCUT2D eigenvalue weighted by molar-refractivity contribution is 8.00. The fourth-order valence-electron chi connectivity index (χ4n) is 3.76. The summed E-state index contributed by atoms with van der Waals surface area (Å²) in [5.74, 6) is 2.08. The zero-order chi connectivity index (χ0) is 18.9. The highest BCUT2D eigenvalue weighted by Crippen LogP contribution is 2.38. The standard InChI is InChI=1S/C20H19N3O3S2/c24-18(11-28-20-19-14(5-9-27-19)21-12-22-20)23-6-1-2-15(23)13-3-4-16-17(10-13)26-8-7-25-16/h3-5,9-10,12,15H,1-2,6-8,11H2. The Balaban J connectivity index is 1.31. The number of likely N-dealkylation sites (tertiary alicyclic amines) is 1. The predicted molar refractivity (Wildman–Crippen MR) is 109 cm³/mol. The highest BCUT2D eigenvalue weighted by Gasteiger charge is 2.31. The van der Waals surface area contributed by atoms with Crippen LogP contribution in [0.1, 0.15) is 24.4 Å². The zero-order valence-corrected chi connectivity index (χ0v) is 16.8. The van der Waals surface area contributed by atoms with E-state index in [4.69, 9.17) is 9.47 Å². The van der Waals surface area contributed by atoms with E-state index in [1.54, 1.807) is 17.7 Å². The Hall–Kier alpha value is -2.32. The minimum Gasteiger partial charge on any atom is -0.486 e. The highest BCUT2D eigenvalue weighted by atomic mass is 32.2. The molecule has 0 saturated carbocycles. The first-order valence-electron chi connectivity index (χ1n) is 9.29. The molecule has 8 heteroatoms. The van der Waals surface area contributed by atoms with Crippen molar-refractivity contribution in [2.45, 2.75) is 23.9 Å². The molecule has 0 radical (unpaired) electrons. The molecule has 0 aliphatic carbocycles. The molecule has 1 amide bonds. The van der Waals surface area contributed by atoms with Crippen LogP contribution in [0.4, 0.5) is 0 Å². The van der Waals surface area contributed by atoms with Gasteiger partial charge in [-0.15, -0.1) is 11.3 Å². The van der Waals surface area contributed by atoms with Crippen molar-refractivity contribution in [3.05, 3.63) is 41.5 Å². The normalized spacial score (nSPS) is 18.6. The van der Waals surface area contributed by atoms with E-state index in [0.717, 1.165) is 51.7 Å². The third-order valence-electron chi connectivity index (χ3n) is 5.07. The molecule has 3 aromatic rings. The predicted octanol–water partition coefficient (Wildman–Crippen LogP) is 3.92. The summed E-state index contributed by atoms with van der Waals surface area (Å²) in [5, 5.41) is 2.88. The molecule has 5 rings (SSSR count). The first kappa shape index (κ1) is 17.8. The molecular formula is C20H19N3O3S2. The lowest BCUT2D eigenvalue weighted by molar-refractivity contribution is -0.129. The maximum atomic E-state index is 13.0. The molecule has 2 aromatic heterocycles. The topological polar surface area (TPSA) is 64.6 Å². The van der Waals surface area contributed by atoms with Crippen molar-refractivity contribution in [1.29, 1.82) is 0 Å². The largest absolute Gasteiger partial charge is 0.486 e. The van der Waals surface area contributed by atoms with E-state index >= 15 is 0 Å². The van der Waals surface area contributed by atoms with Gasteiger partial charge in [-0.25, -0.2) is 9.97 Å². The number of amides is 1. The summed E-state index contributed by atoms with van der Waals surface area (Å²) in [5.41, 5.74) is 2.05. The zero-order valence-electron chi connectivity index (χ0n) is 15.2. The van der Waals surface area contributed by atoms with E-state index in [0.29, 0.717) is 19.0 Å². The van der Waals surface area contributed by atoms with Gasteiger partial charge in [0.05, 0.1) is 22.0 Å². The molecule has 1 fully saturated rings. The minimum atomic E-state index is 0.0936. The first-order valence-corrected chi connectivity index (χ1v) is 11.2. The van der Waals surface area contributed by atoms with Crippen molar-refractivity contribution in [3.8, 4) is 11.5 Å². The van der Waals surface area contributed by atoms with Crippen molar-refractivity contribution in [1.82, 2.24) is 14.9 Å². The summed E-state index contributed by atoms with van der Waals surface area (Å²) in [6, 6.07) is 8.10. The quantitative estimate of drug-likeness (QED) is 0.477. The summed E-state index contributed by atoms with van der Waals surface area (Å²) in [4.78, 5) is 23.6. The number of hydrogen-bond acceptors (Lipinski definition) is 7. The number of rotatable bonds is 4. The molecule has 0 spiro atoms. The van der Waals surface area contributed by atoms with E-state index in [2.05, 4.69) is 16.0 Å². The first-order chi connectivity index (χ1) is 13.8.